The Balaban J connectivity index is 1.63. The summed E-state index contributed by atoms with van der Waals surface area (Å²) in [5.41, 5.74) is 0. The van der Waals surface area contributed by atoms with Gasteiger partial charge < -0.3 is 4.74 Å². The Morgan fingerprint density at radius 3 is 2.73 bits per heavy atom. The predicted octanol–water partition coefficient (Wildman–Crippen LogP) is 2.33. The molecule has 0 aromatic carbocycles. The Bertz CT molecular complexity index is 287. The van der Waals surface area contributed by atoms with E-state index in [2.05, 4.69) is 23.1 Å². The monoisotopic (exact) mass is 205 g/mol. The quantitative estimate of drug-likeness (QED) is 0.686. The van der Waals surface area contributed by atoms with Gasteiger partial charge in [0.1, 0.15) is 6.10 Å². The minimum absolute atomic E-state index is 0.477. The van der Waals surface area contributed by atoms with Gasteiger partial charge in [-0.25, -0.2) is 0 Å². The molecule has 0 radical (unpaired) electrons. The summed E-state index contributed by atoms with van der Waals surface area (Å²) >= 11 is 0. The Morgan fingerprint density at radius 1 is 1.27 bits per heavy atom. The summed E-state index contributed by atoms with van der Waals surface area (Å²) in [5, 5.41) is 0. The summed E-state index contributed by atoms with van der Waals surface area (Å²) in [6.45, 7) is 3.75. The molecule has 15 heavy (non-hydrogen) atoms. The molecule has 1 atom stereocenters. The average molecular weight is 205 g/mol. The summed E-state index contributed by atoms with van der Waals surface area (Å²) in [7, 11) is 0. The Labute approximate surface area is 91.6 Å². The van der Waals surface area contributed by atoms with Crippen molar-refractivity contribution in [3.8, 4) is 0 Å². The topological polar surface area (TPSA) is 12.5 Å². The van der Waals surface area contributed by atoms with Crippen molar-refractivity contribution in [2.75, 3.05) is 19.6 Å². The second kappa shape index (κ2) is 4.01. The third kappa shape index (κ3) is 1.96. The lowest BCUT2D eigenvalue weighted by atomic mass is 9.86. The third-order valence-corrected chi connectivity index (χ3v) is 3.87. The molecule has 4 rings (SSSR count). The van der Waals surface area contributed by atoms with Crippen LogP contribution in [0.2, 0.25) is 0 Å². The molecule has 2 nitrogen and oxygen atoms in total. The van der Waals surface area contributed by atoms with Crippen LogP contribution in [0.15, 0.2) is 24.0 Å². The molecule has 0 amide bonds. The molecule has 0 aromatic heterocycles. The van der Waals surface area contributed by atoms with E-state index in [1.54, 1.807) is 0 Å². The van der Waals surface area contributed by atoms with Crippen LogP contribution in [0.5, 0.6) is 0 Å². The maximum atomic E-state index is 6.13. The highest BCUT2D eigenvalue weighted by atomic mass is 16.5. The van der Waals surface area contributed by atoms with E-state index in [9.17, 15) is 0 Å². The van der Waals surface area contributed by atoms with Crippen LogP contribution in [0, 0.1) is 5.92 Å². The van der Waals surface area contributed by atoms with Crippen molar-refractivity contribution in [3.05, 3.63) is 24.0 Å². The first-order valence-corrected chi connectivity index (χ1v) is 6.16. The van der Waals surface area contributed by atoms with Crippen molar-refractivity contribution in [2.24, 2.45) is 5.92 Å². The van der Waals surface area contributed by atoms with E-state index < -0.39 is 0 Å². The zero-order chi connectivity index (χ0) is 10.1. The fourth-order valence-electron chi connectivity index (χ4n) is 2.92. The van der Waals surface area contributed by atoms with Crippen LogP contribution < -0.4 is 0 Å². The van der Waals surface area contributed by atoms with E-state index in [1.807, 2.05) is 0 Å². The Kier molecular flexibility index (Phi) is 2.53. The number of fused-ring (bicyclic) bond motifs is 3. The van der Waals surface area contributed by atoms with Crippen LogP contribution in [0.25, 0.3) is 0 Å². The molecule has 82 valence electrons. The standard InChI is InChI=1S/C13H19NO/c1-2-4-12(5-3-1)15-13-10-14-8-6-11(13)7-9-14/h1-2,4,11,13H,3,5-10H2. The molecule has 1 unspecified atom stereocenters. The van der Waals surface area contributed by atoms with Crippen LogP contribution >= 0.6 is 0 Å². The molecule has 3 saturated heterocycles. The van der Waals surface area contributed by atoms with Crippen molar-refractivity contribution in [3.63, 3.8) is 0 Å². The molecule has 2 heteroatoms. The van der Waals surface area contributed by atoms with Crippen molar-refractivity contribution in [1.29, 1.82) is 0 Å². The zero-order valence-electron chi connectivity index (χ0n) is 9.19. The van der Waals surface area contributed by atoms with Gasteiger partial charge in [0.25, 0.3) is 0 Å². The number of piperidine rings is 3. The second-order valence-corrected chi connectivity index (χ2v) is 4.89. The van der Waals surface area contributed by atoms with E-state index in [-0.39, 0.29) is 0 Å². The highest BCUT2D eigenvalue weighted by molar-refractivity contribution is 5.13. The average Bonchev–Trinajstić information content (AvgIpc) is 2.32. The highest BCUT2D eigenvalue weighted by Crippen LogP contribution is 2.31. The van der Waals surface area contributed by atoms with Gasteiger partial charge >= 0.3 is 0 Å². The molecule has 4 aliphatic rings. The van der Waals surface area contributed by atoms with Gasteiger partial charge in [0, 0.05) is 13.0 Å². The van der Waals surface area contributed by atoms with Gasteiger partial charge in [-0.15, -0.1) is 0 Å². The summed E-state index contributed by atoms with van der Waals surface area (Å²) in [6.07, 6.45) is 11.9. The first kappa shape index (κ1) is 9.46. The molecule has 0 aromatic rings. The van der Waals surface area contributed by atoms with Crippen molar-refractivity contribution < 1.29 is 4.74 Å². The minimum Gasteiger partial charge on any atom is -0.493 e. The van der Waals surface area contributed by atoms with Crippen molar-refractivity contribution in [2.45, 2.75) is 31.8 Å². The Morgan fingerprint density at radius 2 is 2.13 bits per heavy atom. The van der Waals surface area contributed by atoms with Crippen molar-refractivity contribution in [1.82, 2.24) is 4.90 Å². The molecule has 3 aliphatic heterocycles. The first-order chi connectivity index (χ1) is 7.42. The summed E-state index contributed by atoms with van der Waals surface area (Å²) in [6, 6.07) is 0. The van der Waals surface area contributed by atoms with Gasteiger partial charge in [-0.1, -0.05) is 12.2 Å². The van der Waals surface area contributed by atoms with Crippen LogP contribution in [0.4, 0.5) is 0 Å². The van der Waals surface area contributed by atoms with Gasteiger partial charge in [0.15, 0.2) is 0 Å². The van der Waals surface area contributed by atoms with E-state index in [1.165, 1.54) is 31.7 Å². The summed E-state index contributed by atoms with van der Waals surface area (Å²) < 4.78 is 6.13. The number of rotatable bonds is 2. The Hall–Kier alpha value is -0.760. The number of hydrogen-bond donors (Lipinski definition) is 0. The molecule has 3 heterocycles. The lowest BCUT2D eigenvalue weighted by Gasteiger charge is -2.44. The maximum absolute atomic E-state index is 6.13. The first-order valence-electron chi connectivity index (χ1n) is 6.16. The summed E-state index contributed by atoms with van der Waals surface area (Å²) in [4.78, 5) is 2.55. The van der Waals surface area contributed by atoms with Gasteiger partial charge in [-0.05, 0) is 44.3 Å². The van der Waals surface area contributed by atoms with Gasteiger partial charge in [-0.2, -0.15) is 0 Å². The van der Waals surface area contributed by atoms with E-state index in [0.717, 1.165) is 25.3 Å². The van der Waals surface area contributed by atoms with Crippen LogP contribution in [-0.2, 0) is 4.74 Å². The fraction of sp³-hybridized carbons (Fsp3) is 0.692. The highest BCUT2D eigenvalue weighted by Gasteiger charge is 2.35. The van der Waals surface area contributed by atoms with E-state index in [0.29, 0.717) is 6.10 Å². The molecule has 1 aliphatic carbocycles. The van der Waals surface area contributed by atoms with Crippen LogP contribution in [0.3, 0.4) is 0 Å². The van der Waals surface area contributed by atoms with E-state index in [4.69, 9.17) is 4.74 Å². The van der Waals surface area contributed by atoms with Crippen LogP contribution in [-0.4, -0.2) is 30.6 Å². The minimum atomic E-state index is 0.477. The third-order valence-electron chi connectivity index (χ3n) is 3.87. The molecular formula is C13H19NO. The van der Waals surface area contributed by atoms with Crippen LogP contribution in [0.1, 0.15) is 25.7 Å². The van der Waals surface area contributed by atoms with Gasteiger partial charge in [0.05, 0.1) is 5.76 Å². The smallest absolute Gasteiger partial charge is 0.114 e. The normalized spacial score (nSPS) is 38.9. The van der Waals surface area contributed by atoms with Gasteiger partial charge in [-0.3, -0.25) is 4.90 Å². The molecule has 0 N–H and O–H groups in total. The number of nitrogens with zero attached hydrogens (tertiary/aromatic N) is 1. The van der Waals surface area contributed by atoms with Crippen molar-refractivity contribution >= 4 is 0 Å². The van der Waals surface area contributed by atoms with Gasteiger partial charge in [0.2, 0.25) is 0 Å². The lowest BCUT2D eigenvalue weighted by Crippen LogP contribution is -2.51. The second-order valence-electron chi connectivity index (χ2n) is 4.89. The maximum Gasteiger partial charge on any atom is 0.114 e. The molecular weight excluding hydrogens is 186 g/mol. The fourth-order valence-corrected chi connectivity index (χ4v) is 2.92. The summed E-state index contributed by atoms with van der Waals surface area (Å²) in [5.74, 6) is 2.03. The number of ether oxygens (including phenoxy) is 1. The number of hydrogen-bond acceptors (Lipinski definition) is 2. The predicted molar refractivity (Wildman–Crippen MR) is 60.5 cm³/mol. The molecule has 3 fully saturated rings. The molecule has 2 bridgehead atoms. The zero-order valence-corrected chi connectivity index (χ0v) is 9.19. The van der Waals surface area contributed by atoms with E-state index >= 15 is 0 Å². The molecule has 0 saturated carbocycles. The largest absolute Gasteiger partial charge is 0.493 e. The number of allylic oxidation sites excluding steroid dienone is 4. The molecule has 0 spiro atoms. The lowest BCUT2D eigenvalue weighted by molar-refractivity contribution is -0.0438. The SMILES string of the molecule is C1=CCCC(OC2CN3CCC2CC3)=C1.